The average Bonchev–Trinajstić information content (AvgIpc) is 2.94. The van der Waals surface area contributed by atoms with Gasteiger partial charge in [0.05, 0.1) is 11.1 Å². The summed E-state index contributed by atoms with van der Waals surface area (Å²) in [6.45, 7) is 3.75. The smallest absolute Gasteiger partial charge is 0.262 e. The van der Waals surface area contributed by atoms with Gasteiger partial charge in [-0.2, -0.15) is 0 Å². The van der Waals surface area contributed by atoms with Crippen LogP contribution in [0.5, 0.6) is 0 Å². The van der Waals surface area contributed by atoms with Crippen LogP contribution in [-0.4, -0.2) is 55.1 Å². The third kappa shape index (κ3) is 3.39. The number of nitrogens with zero attached hydrogens (tertiary/aromatic N) is 1. The van der Waals surface area contributed by atoms with Crippen LogP contribution in [0.3, 0.4) is 0 Å². The van der Waals surface area contributed by atoms with Crippen LogP contribution < -0.4 is 10.6 Å². The Morgan fingerprint density at radius 1 is 1.30 bits per heavy atom. The van der Waals surface area contributed by atoms with Gasteiger partial charge in [-0.25, -0.2) is 0 Å². The van der Waals surface area contributed by atoms with Crippen molar-refractivity contribution in [3.8, 4) is 0 Å². The molecule has 7 heteroatoms. The normalized spacial score (nSPS) is 18.4. The third-order valence-corrected chi connectivity index (χ3v) is 5.59. The summed E-state index contributed by atoms with van der Waals surface area (Å²) in [7, 11) is 1.45. The predicted molar refractivity (Wildman–Crippen MR) is 99.7 cm³/mol. The van der Waals surface area contributed by atoms with E-state index >= 15 is 0 Å². The van der Waals surface area contributed by atoms with E-state index in [9.17, 15) is 19.2 Å². The van der Waals surface area contributed by atoms with Gasteiger partial charge in [0.2, 0.25) is 5.91 Å². The Bertz CT molecular complexity index is 784. The fourth-order valence-corrected chi connectivity index (χ4v) is 4.15. The Labute approximate surface area is 158 Å². The Morgan fingerprint density at radius 2 is 2.00 bits per heavy atom. The molecular formula is C20H25N3O4. The first-order valence-electron chi connectivity index (χ1n) is 9.38. The van der Waals surface area contributed by atoms with Crippen molar-refractivity contribution in [3.05, 3.63) is 34.4 Å². The summed E-state index contributed by atoms with van der Waals surface area (Å²) in [5.41, 5.74) is 2.67. The molecule has 1 saturated heterocycles. The average molecular weight is 371 g/mol. The monoisotopic (exact) mass is 371 g/mol. The SMILES string of the molecule is CNC(=O)C(CCC=O)N1C(=O)c2ccc(C3CCNCC3)c(C)c2C1=O. The number of benzene rings is 1. The van der Waals surface area contributed by atoms with Gasteiger partial charge < -0.3 is 15.4 Å². The van der Waals surface area contributed by atoms with Crippen molar-refractivity contribution in [2.75, 3.05) is 20.1 Å². The van der Waals surface area contributed by atoms with Gasteiger partial charge in [0.25, 0.3) is 11.8 Å². The second kappa shape index (κ2) is 8.00. The van der Waals surface area contributed by atoms with Gasteiger partial charge in [0, 0.05) is 13.5 Å². The van der Waals surface area contributed by atoms with E-state index in [2.05, 4.69) is 10.6 Å². The molecule has 3 rings (SSSR count). The predicted octanol–water partition coefficient (Wildman–Crippen LogP) is 1.15. The van der Waals surface area contributed by atoms with Crippen molar-refractivity contribution >= 4 is 24.0 Å². The molecule has 1 atom stereocenters. The van der Waals surface area contributed by atoms with Crippen LogP contribution in [-0.2, 0) is 9.59 Å². The Morgan fingerprint density at radius 3 is 2.63 bits per heavy atom. The van der Waals surface area contributed by atoms with Crippen LogP contribution in [0, 0.1) is 6.92 Å². The first-order valence-corrected chi connectivity index (χ1v) is 9.38. The van der Waals surface area contributed by atoms with Gasteiger partial charge in [-0.1, -0.05) is 6.07 Å². The molecule has 0 bridgehead atoms. The van der Waals surface area contributed by atoms with Crippen LogP contribution in [0.4, 0.5) is 0 Å². The molecule has 27 heavy (non-hydrogen) atoms. The van der Waals surface area contributed by atoms with Crippen LogP contribution in [0.25, 0.3) is 0 Å². The molecule has 0 radical (unpaired) electrons. The summed E-state index contributed by atoms with van der Waals surface area (Å²) in [5.74, 6) is -0.988. The number of hydrogen-bond donors (Lipinski definition) is 2. The Hall–Kier alpha value is -2.54. The zero-order valence-corrected chi connectivity index (χ0v) is 15.7. The number of amides is 3. The molecule has 2 aliphatic heterocycles. The van der Waals surface area contributed by atoms with E-state index in [1.54, 1.807) is 6.07 Å². The molecule has 0 aromatic heterocycles. The van der Waals surface area contributed by atoms with Crippen molar-refractivity contribution in [3.63, 3.8) is 0 Å². The number of aldehydes is 1. The minimum absolute atomic E-state index is 0.102. The second-order valence-corrected chi connectivity index (χ2v) is 7.08. The molecule has 3 amide bonds. The summed E-state index contributed by atoms with van der Waals surface area (Å²) < 4.78 is 0. The van der Waals surface area contributed by atoms with E-state index < -0.39 is 23.8 Å². The second-order valence-electron chi connectivity index (χ2n) is 7.08. The lowest BCUT2D eigenvalue weighted by Crippen LogP contribution is -2.48. The number of carbonyl (C=O) groups excluding carboxylic acids is 4. The summed E-state index contributed by atoms with van der Waals surface area (Å²) in [6, 6.07) is 2.68. The number of fused-ring (bicyclic) bond motifs is 1. The summed E-state index contributed by atoms with van der Waals surface area (Å²) in [5, 5.41) is 5.82. The van der Waals surface area contributed by atoms with E-state index in [1.165, 1.54) is 7.05 Å². The van der Waals surface area contributed by atoms with Gasteiger partial charge in [0.15, 0.2) is 0 Å². The Kier molecular flexibility index (Phi) is 5.70. The maximum Gasteiger partial charge on any atom is 0.262 e. The quantitative estimate of drug-likeness (QED) is 0.578. The molecule has 1 aromatic rings. The molecular weight excluding hydrogens is 346 g/mol. The minimum Gasteiger partial charge on any atom is -0.357 e. The van der Waals surface area contributed by atoms with Crippen molar-refractivity contribution in [1.82, 2.24) is 15.5 Å². The van der Waals surface area contributed by atoms with Crippen LogP contribution in [0.2, 0.25) is 0 Å². The first kappa shape index (κ1) is 19.2. The number of hydrogen-bond acceptors (Lipinski definition) is 5. The summed E-state index contributed by atoms with van der Waals surface area (Å²) >= 11 is 0. The lowest BCUT2D eigenvalue weighted by Gasteiger charge is -2.25. The van der Waals surface area contributed by atoms with Crippen LogP contribution in [0.1, 0.15) is 63.4 Å². The van der Waals surface area contributed by atoms with E-state index in [4.69, 9.17) is 0 Å². The highest BCUT2D eigenvalue weighted by molar-refractivity contribution is 6.23. The van der Waals surface area contributed by atoms with Gasteiger partial charge in [-0.05, 0) is 62.4 Å². The number of piperidine rings is 1. The zero-order chi connectivity index (χ0) is 19.6. The summed E-state index contributed by atoms with van der Waals surface area (Å²) in [4.78, 5) is 50.1. The molecule has 2 heterocycles. The topological polar surface area (TPSA) is 95.6 Å². The molecule has 1 unspecified atom stereocenters. The molecule has 0 saturated carbocycles. The number of rotatable bonds is 6. The van der Waals surface area contributed by atoms with Gasteiger partial charge in [-0.15, -0.1) is 0 Å². The molecule has 7 nitrogen and oxygen atoms in total. The number of imide groups is 1. The fourth-order valence-electron chi connectivity index (χ4n) is 4.15. The highest BCUT2D eigenvalue weighted by Crippen LogP contribution is 2.35. The van der Waals surface area contributed by atoms with Gasteiger partial charge in [0.1, 0.15) is 12.3 Å². The standard InChI is InChI=1S/C20H25N3O4/c1-12-14(13-7-9-22-10-8-13)5-6-15-17(12)20(27)23(19(15)26)16(4-3-11-24)18(25)21-2/h5-6,11,13,16,22H,3-4,7-10H2,1-2H3,(H,21,25). The maximum absolute atomic E-state index is 13.1. The molecule has 2 N–H and O–H groups in total. The third-order valence-electron chi connectivity index (χ3n) is 5.59. The lowest BCUT2D eigenvalue weighted by atomic mass is 9.85. The number of nitrogens with one attached hydrogen (secondary N) is 2. The largest absolute Gasteiger partial charge is 0.357 e. The van der Waals surface area contributed by atoms with Crippen LogP contribution in [0.15, 0.2) is 12.1 Å². The van der Waals surface area contributed by atoms with E-state index in [-0.39, 0.29) is 12.8 Å². The fraction of sp³-hybridized carbons (Fsp3) is 0.500. The van der Waals surface area contributed by atoms with E-state index in [0.29, 0.717) is 23.3 Å². The zero-order valence-electron chi connectivity index (χ0n) is 15.7. The van der Waals surface area contributed by atoms with Crippen molar-refractivity contribution in [1.29, 1.82) is 0 Å². The maximum atomic E-state index is 13.1. The highest BCUT2D eigenvalue weighted by Gasteiger charge is 2.43. The Balaban J connectivity index is 1.97. The van der Waals surface area contributed by atoms with Crippen molar-refractivity contribution < 1.29 is 19.2 Å². The molecule has 1 aromatic carbocycles. The molecule has 144 valence electrons. The van der Waals surface area contributed by atoms with E-state index in [1.807, 2.05) is 13.0 Å². The van der Waals surface area contributed by atoms with Crippen molar-refractivity contribution in [2.45, 2.75) is 44.6 Å². The van der Waals surface area contributed by atoms with Gasteiger partial charge in [-0.3, -0.25) is 19.3 Å². The molecule has 1 fully saturated rings. The lowest BCUT2D eigenvalue weighted by molar-refractivity contribution is -0.124. The van der Waals surface area contributed by atoms with Crippen molar-refractivity contribution in [2.24, 2.45) is 0 Å². The van der Waals surface area contributed by atoms with Crippen LogP contribution >= 0.6 is 0 Å². The molecule has 0 spiro atoms. The number of likely N-dealkylation sites (N-methyl/N-ethyl adjacent to an activating group) is 1. The number of carbonyl (C=O) groups is 4. The highest BCUT2D eigenvalue weighted by atomic mass is 16.2. The molecule has 2 aliphatic rings. The van der Waals surface area contributed by atoms with E-state index in [0.717, 1.165) is 42.0 Å². The van der Waals surface area contributed by atoms with Gasteiger partial charge >= 0.3 is 0 Å². The first-order chi connectivity index (χ1) is 13.0. The summed E-state index contributed by atoms with van der Waals surface area (Å²) in [6.07, 6.45) is 2.89. The minimum atomic E-state index is -0.977. The molecule has 0 aliphatic carbocycles.